The number of carbonyl (C=O) groups is 3. The number of hydrogen-bond acceptors (Lipinski definition) is 7. The first-order chi connectivity index (χ1) is 17.3. The number of carbonyl (C=O) groups excluding carboxylic acids is 3. The molecule has 11 nitrogen and oxygen atoms in total. The van der Waals surface area contributed by atoms with E-state index in [0.29, 0.717) is 17.3 Å². The summed E-state index contributed by atoms with van der Waals surface area (Å²) in [4.78, 5) is 53.8. The van der Waals surface area contributed by atoms with Crippen molar-refractivity contribution in [3.8, 4) is 5.82 Å². The van der Waals surface area contributed by atoms with Crippen LogP contribution in [0.3, 0.4) is 0 Å². The van der Waals surface area contributed by atoms with E-state index in [-0.39, 0.29) is 42.1 Å². The van der Waals surface area contributed by atoms with Gasteiger partial charge in [0.15, 0.2) is 5.82 Å². The van der Waals surface area contributed by atoms with Gasteiger partial charge >= 0.3 is 0 Å². The molecule has 2 aromatic heterocycles. The summed E-state index contributed by atoms with van der Waals surface area (Å²) < 4.78 is 1.55. The van der Waals surface area contributed by atoms with Crippen LogP contribution in [0.4, 0.5) is 11.5 Å². The SMILES string of the molecule is Cc1cc(NC(=O)CCCN2C(=O)c3ccc([N+](=O)[O-])cc3C2=O)n(-c2ccc3ccccc3n2)n1. The number of para-hydroxylation sites is 1. The molecule has 0 fully saturated rings. The van der Waals surface area contributed by atoms with Crippen LogP contribution in [-0.2, 0) is 4.79 Å². The van der Waals surface area contributed by atoms with Crippen LogP contribution in [0.5, 0.6) is 0 Å². The zero-order valence-electron chi connectivity index (χ0n) is 19.2. The molecule has 1 N–H and O–H groups in total. The summed E-state index contributed by atoms with van der Waals surface area (Å²) >= 11 is 0. The molecule has 1 aliphatic heterocycles. The highest BCUT2D eigenvalue weighted by Crippen LogP contribution is 2.27. The maximum absolute atomic E-state index is 12.7. The van der Waals surface area contributed by atoms with Crippen LogP contribution in [0.15, 0.2) is 60.7 Å². The molecule has 0 saturated carbocycles. The predicted octanol–water partition coefficient (Wildman–Crippen LogP) is 3.65. The van der Waals surface area contributed by atoms with Gasteiger partial charge in [-0.1, -0.05) is 18.2 Å². The number of imide groups is 1. The van der Waals surface area contributed by atoms with Crippen LogP contribution in [0.1, 0.15) is 39.3 Å². The Bertz CT molecular complexity index is 1560. The zero-order valence-corrected chi connectivity index (χ0v) is 19.2. The number of nitro benzene ring substituents is 1. The lowest BCUT2D eigenvalue weighted by atomic mass is 10.1. The maximum Gasteiger partial charge on any atom is 0.270 e. The highest BCUT2D eigenvalue weighted by atomic mass is 16.6. The Balaban J connectivity index is 1.24. The van der Waals surface area contributed by atoms with Gasteiger partial charge < -0.3 is 5.32 Å². The molecule has 0 atom stereocenters. The maximum atomic E-state index is 12.7. The summed E-state index contributed by atoms with van der Waals surface area (Å²) in [7, 11) is 0. The number of rotatable bonds is 7. The van der Waals surface area contributed by atoms with Gasteiger partial charge in [-0.25, -0.2) is 4.98 Å². The van der Waals surface area contributed by atoms with E-state index in [0.717, 1.165) is 21.9 Å². The Labute approximate surface area is 204 Å². The van der Waals surface area contributed by atoms with Gasteiger partial charge in [0.1, 0.15) is 5.82 Å². The Morgan fingerprint density at radius 3 is 2.61 bits per heavy atom. The molecule has 5 rings (SSSR count). The minimum Gasteiger partial charge on any atom is -0.311 e. The van der Waals surface area contributed by atoms with Crippen LogP contribution >= 0.6 is 0 Å². The van der Waals surface area contributed by atoms with E-state index in [1.54, 1.807) is 17.7 Å². The summed E-state index contributed by atoms with van der Waals surface area (Å²) in [6.45, 7) is 1.82. The van der Waals surface area contributed by atoms with Crippen molar-refractivity contribution in [1.29, 1.82) is 0 Å². The Morgan fingerprint density at radius 2 is 1.81 bits per heavy atom. The summed E-state index contributed by atoms with van der Waals surface area (Å²) in [5.74, 6) is -0.439. The molecule has 0 unspecified atom stereocenters. The molecule has 1 aliphatic rings. The third kappa shape index (κ3) is 4.17. The van der Waals surface area contributed by atoms with E-state index in [1.165, 1.54) is 12.1 Å². The highest BCUT2D eigenvalue weighted by molar-refractivity contribution is 6.21. The summed E-state index contributed by atoms with van der Waals surface area (Å²) in [5, 5.41) is 19.2. The van der Waals surface area contributed by atoms with Crippen LogP contribution in [0.25, 0.3) is 16.7 Å². The fraction of sp³-hybridized carbons (Fsp3) is 0.160. The van der Waals surface area contributed by atoms with Crippen LogP contribution in [0.2, 0.25) is 0 Å². The average molecular weight is 484 g/mol. The molecule has 0 spiro atoms. The fourth-order valence-electron chi connectivity index (χ4n) is 4.13. The molecule has 0 saturated heterocycles. The number of hydrogen-bond donors (Lipinski definition) is 1. The van der Waals surface area contributed by atoms with E-state index >= 15 is 0 Å². The van der Waals surface area contributed by atoms with Gasteiger partial charge in [0, 0.05) is 36.6 Å². The van der Waals surface area contributed by atoms with Gasteiger partial charge in [0.05, 0.1) is 27.3 Å². The van der Waals surface area contributed by atoms with Gasteiger partial charge in [0.2, 0.25) is 5.91 Å². The molecule has 36 heavy (non-hydrogen) atoms. The minimum atomic E-state index is -0.620. The number of non-ortho nitro benzene ring substituents is 1. The smallest absolute Gasteiger partial charge is 0.270 e. The van der Waals surface area contributed by atoms with Crippen molar-refractivity contribution in [3.05, 3.63) is 87.6 Å². The number of fused-ring (bicyclic) bond motifs is 2. The number of anilines is 1. The minimum absolute atomic E-state index is 0.000846. The van der Waals surface area contributed by atoms with Gasteiger partial charge in [-0.05, 0) is 37.6 Å². The van der Waals surface area contributed by atoms with Crippen LogP contribution in [0, 0.1) is 17.0 Å². The zero-order chi connectivity index (χ0) is 25.4. The summed E-state index contributed by atoms with van der Waals surface area (Å²) in [5.41, 5.74) is 1.36. The van der Waals surface area contributed by atoms with Gasteiger partial charge in [-0.3, -0.25) is 29.4 Å². The molecule has 0 aliphatic carbocycles. The standard InChI is InChI=1S/C25H20N6O5/c1-15-13-22(30(28-15)21-11-8-16-5-2-3-6-20(16)26-21)27-23(32)7-4-12-29-24(33)18-10-9-17(31(35)36)14-19(18)25(29)34/h2-3,5-6,8-11,13-14H,4,7,12H2,1H3,(H,27,32). The molecule has 0 bridgehead atoms. The van der Waals surface area contributed by atoms with Crippen LogP contribution in [-0.4, -0.2) is 48.9 Å². The lowest BCUT2D eigenvalue weighted by Gasteiger charge is -2.13. The molecule has 11 heteroatoms. The normalized spacial score (nSPS) is 12.8. The van der Waals surface area contributed by atoms with E-state index in [9.17, 15) is 24.5 Å². The molecule has 2 aromatic carbocycles. The third-order valence-corrected chi connectivity index (χ3v) is 5.85. The topological polar surface area (TPSA) is 140 Å². The Hall–Kier alpha value is -4.93. The second-order valence-corrected chi connectivity index (χ2v) is 8.35. The van der Waals surface area contributed by atoms with E-state index in [2.05, 4.69) is 15.4 Å². The number of nitrogens with one attached hydrogen (secondary N) is 1. The van der Waals surface area contributed by atoms with Crippen LogP contribution < -0.4 is 5.32 Å². The van der Waals surface area contributed by atoms with Crippen molar-refractivity contribution in [1.82, 2.24) is 19.7 Å². The van der Waals surface area contributed by atoms with E-state index < -0.39 is 16.7 Å². The first kappa shape index (κ1) is 22.8. The number of pyridine rings is 1. The number of aryl methyl sites for hydroxylation is 1. The summed E-state index contributed by atoms with van der Waals surface area (Å²) in [6.07, 6.45) is 0.268. The molecule has 3 amide bonds. The number of nitro groups is 1. The van der Waals surface area contributed by atoms with Crippen molar-refractivity contribution >= 4 is 40.1 Å². The molecule has 3 heterocycles. The highest BCUT2D eigenvalue weighted by Gasteiger charge is 2.36. The largest absolute Gasteiger partial charge is 0.311 e. The Morgan fingerprint density at radius 1 is 1.03 bits per heavy atom. The Kier molecular flexibility index (Phi) is 5.72. The van der Waals surface area contributed by atoms with Gasteiger partial charge in [-0.15, -0.1) is 0 Å². The van der Waals surface area contributed by atoms with Crippen molar-refractivity contribution in [2.75, 3.05) is 11.9 Å². The number of nitrogens with zero attached hydrogens (tertiary/aromatic N) is 5. The lowest BCUT2D eigenvalue weighted by Crippen LogP contribution is -2.31. The first-order valence-corrected chi connectivity index (χ1v) is 11.2. The monoisotopic (exact) mass is 484 g/mol. The van der Waals surface area contributed by atoms with E-state index in [1.807, 2.05) is 36.4 Å². The average Bonchev–Trinajstić information content (AvgIpc) is 3.35. The number of benzene rings is 2. The second-order valence-electron chi connectivity index (χ2n) is 8.35. The predicted molar refractivity (Wildman–Crippen MR) is 130 cm³/mol. The van der Waals surface area contributed by atoms with E-state index in [4.69, 9.17) is 0 Å². The van der Waals surface area contributed by atoms with Crippen molar-refractivity contribution in [2.24, 2.45) is 0 Å². The first-order valence-electron chi connectivity index (χ1n) is 11.2. The van der Waals surface area contributed by atoms with Gasteiger partial charge in [0.25, 0.3) is 17.5 Å². The third-order valence-electron chi connectivity index (χ3n) is 5.85. The van der Waals surface area contributed by atoms with Crippen molar-refractivity contribution in [3.63, 3.8) is 0 Å². The fourth-order valence-corrected chi connectivity index (χ4v) is 4.13. The van der Waals surface area contributed by atoms with Gasteiger partial charge in [-0.2, -0.15) is 9.78 Å². The summed E-state index contributed by atoms with van der Waals surface area (Å²) in [6, 6.07) is 16.7. The molecular formula is C25H20N6O5. The molecular weight excluding hydrogens is 464 g/mol. The van der Waals surface area contributed by atoms with Crippen molar-refractivity contribution < 1.29 is 19.3 Å². The van der Waals surface area contributed by atoms with Crippen molar-refractivity contribution in [2.45, 2.75) is 19.8 Å². The molecule has 180 valence electrons. The lowest BCUT2D eigenvalue weighted by molar-refractivity contribution is -0.384. The quantitative estimate of drug-likeness (QED) is 0.240. The second kappa shape index (κ2) is 9.02. The number of amides is 3. The molecule has 4 aromatic rings. The molecule has 0 radical (unpaired) electrons. The number of aromatic nitrogens is 3.